The minimum atomic E-state index is -0.798. The predicted molar refractivity (Wildman–Crippen MR) is 92.8 cm³/mol. The van der Waals surface area contributed by atoms with Crippen LogP contribution in [0.25, 0.3) is 0 Å². The molecule has 0 radical (unpaired) electrons. The largest absolute Gasteiger partial charge is 0.477 e. The first-order chi connectivity index (χ1) is 10.8. The molecule has 3 nitrogen and oxygen atoms in total. The average molecular weight is 353 g/mol. The van der Waals surface area contributed by atoms with Gasteiger partial charge in [0.2, 0.25) is 0 Å². The molecule has 122 valence electrons. The molecule has 2 aromatic rings. The number of esters is 1. The van der Waals surface area contributed by atoms with Crippen molar-refractivity contribution in [3.63, 3.8) is 0 Å². The standard InChI is InChI=1S/C18H18Cl2O3/c1-10-5-6-11(2)17(12(10)3)23-18(21)13(4)22-16-8-7-14(19)9-15(16)20/h5-9,13H,1-4H3/t13-/m1/s1. The Labute approximate surface area is 146 Å². The zero-order valence-electron chi connectivity index (χ0n) is 13.4. The highest BCUT2D eigenvalue weighted by molar-refractivity contribution is 6.35. The normalized spacial score (nSPS) is 11.9. The van der Waals surface area contributed by atoms with Crippen LogP contribution in [0.15, 0.2) is 30.3 Å². The summed E-state index contributed by atoms with van der Waals surface area (Å²) in [5, 5.41) is 0.851. The van der Waals surface area contributed by atoms with E-state index in [1.54, 1.807) is 25.1 Å². The van der Waals surface area contributed by atoms with Crippen LogP contribution in [-0.4, -0.2) is 12.1 Å². The molecule has 1 atom stereocenters. The van der Waals surface area contributed by atoms with E-state index in [-0.39, 0.29) is 0 Å². The highest BCUT2D eigenvalue weighted by Gasteiger charge is 2.20. The van der Waals surface area contributed by atoms with E-state index < -0.39 is 12.1 Å². The van der Waals surface area contributed by atoms with Gasteiger partial charge in [-0.25, -0.2) is 4.79 Å². The van der Waals surface area contributed by atoms with Gasteiger partial charge in [-0.3, -0.25) is 0 Å². The summed E-state index contributed by atoms with van der Waals surface area (Å²) >= 11 is 11.9. The van der Waals surface area contributed by atoms with Gasteiger partial charge in [0.05, 0.1) is 5.02 Å². The number of carbonyl (C=O) groups excluding carboxylic acids is 1. The summed E-state index contributed by atoms with van der Waals surface area (Å²) in [6.45, 7) is 7.41. The van der Waals surface area contributed by atoms with Gasteiger partial charge in [0.15, 0.2) is 6.10 Å². The molecule has 0 bridgehead atoms. The predicted octanol–water partition coefficient (Wildman–Crippen LogP) is 5.29. The zero-order valence-corrected chi connectivity index (χ0v) is 15.0. The second-order valence-corrected chi connectivity index (χ2v) is 6.25. The fraction of sp³-hybridized carbons (Fsp3) is 0.278. The van der Waals surface area contributed by atoms with E-state index in [0.717, 1.165) is 16.7 Å². The van der Waals surface area contributed by atoms with Crippen molar-refractivity contribution in [1.29, 1.82) is 0 Å². The molecular weight excluding hydrogens is 335 g/mol. The molecule has 0 heterocycles. The molecule has 0 amide bonds. The Bertz CT molecular complexity index is 741. The van der Waals surface area contributed by atoms with E-state index in [9.17, 15) is 4.79 Å². The number of rotatable bonds is 4. The van der Waals surface area contributed by atoms with Gasteiger partial charge in [-0.05, 0) is 62.6 Å². The molecule has 0 aromatic heterocycles. The van der Waals surface area contributed by atoms with Gasteiger partial charge in [-0.2, -0.15) is 0 Å². The average Bonchev–Trinajstić information content (AvgIpc) is 2.50. The number of hydrogen-bond donors (Lipinski definition) is 0. The minimum Gasteiger partial charge on any atom is -0.477 e. The van der Waals surface area contributed by atoms with Crippen LogP contribution in [0.2, 0.25) is 10.0 Å². The summed E-state index contributed by atoms with van der Waals surface area (Å²) in [5.41, 5.74) is 2.90. The van der Waals surface area contributed by atoms with Gasteiger partial charge in [-0.15, -0.1) is 0 Å². The molecule has 0 unspecified atom stereocenters. The lowest BCUT2D eigenvalue weighted by molar-refractivity contribution is -0.141. The highest BCUT2D eigenvalue weighted by Crippen LogP contribution is 2.29. The van der Waals surface area contributed by atoms with E-state index in [0.29, 0.717) is 21.5 Å². The van der Waals surface area contributed by atoms with Crippen molar-refractivity contribution in [3.05, 3.63) is 57.1 Å². The Morgan fingerprint density at radius 1 is 1.04 bits per heavy atom. The van der Waals surface area contributed by atoms with Crippen molar-refractivity contribution in [2.45, 2.75) is 33.8 Å². The molecule has 0 aliphatic heterocycles. The first-order valence-electron chi connectivity index (χ1n) is 7.19. The van der Waals surface area contributed by atoms with Crippen LogP contribution in [0, 0.1) is 20.8 Å². The Balaban J connectivity index is 2.13. The van der Waals surface area contributed by atoms with Crippen LogP contribution >= 0.6 is 23.2 Å². The fourth-order valence-corrected chi connectivity index (χ4v) is 2.53. The quantitative estimate of drug-likeness (QED) is 0.553. The third-order valence-corrected chi connectivity index (χ3v) is 4.14. The molecule has 23 heavy (non-hydrogen) atoms. The highest BCUT2D eigenvalue weighted by atomic mass is 35.5. The lowest BCUT2D eigenvalue weighted by Crippen LogP contribution is -2.29. The molecule has 0 aliphatic carbocycles. The SMILES string of the molecule is Cc1ccc(C)c(OC(=O)[C@@H](C)Oc2ccc(Cl)cc2Cl)c1C. The van der Waals surface area contributed by atoms with Gasteiger partial charge in [-0.1, -0.05) is 35.3 Å². The van der Waals surface area contributed by atoms with Crippen molar-refractivity contribution in [3.8, 4) is 11.5 Å². The van der Waals surface area contributed by atoms with E-state index in [2.05, 4.69) is 0 Å². The summed E-state index contributed by atoms with van der Waals surface area (Å²) in [4.78, 5) is 12.3. The number of halogens is 2. The summed E-state index contributed by atoms with van der Waals surface area (Å²) in [6, 6.07) is 8.75. The maximum Gasteiger partial charge on any atom is 0.352 e. The molecule has 0 N–H and O–H groups in total. The second-order valence-electron chi connectivity index (χ2n) is 5.41. The molecule has 0 spiro atoms. The van der Waals surface area contributed by atoms with Crippen molar-refractivity contribution in [2.24, 2.45) is 0 Å². The van der Waals surface area contributed by atoms with Crippen LogP contribution in [-0.2, 0) is 4.79 Å². The molecular formula is C18H18Cl2O3. The first kappa shape index (κ1) is 17.6. The minimum absolute atomic E-state index is 0.347. The van der Waals surface area contributed by atoms with Gasteiger partial charge in [0.1, 0.15) is 11.5 Å². The van der Waals surface area contributed by atoms with Gasteiger partial charge in [0, 0.05) is 5.02 Å². The number of carbonyl (C=O) groups is 1. The van der Waals surface area contributed by atoms with Crippen LogP contribution in [0.5, 0.6) is 11.5 Å². The van der Waals surface area contributed by atoms with Crippen LogP contribution in [0.3, 0.4) is 0 Å². The van der Waals surface area contributed by atoms with Crippen molar-refractivity contribution < 1.29 is 14.3 Å². The maximum atomic E-state index is 12.3. The molecule has 0 saturated heterocycles. The van der Waals surface area contributed by atoms with E-state index >= 15 is 0 Å². The topological polar surface area (TPSA) is 35.5 Å². The first-order valence-corrected chi connectivity index (χ1v) is 7.95. The molecule has 0 saturated carbocycles. The van der Waals surface area contributed by atoms with Crippen LogP contribution in [0.4, 0.5) is 0 Å². The van der Waals surface area contributed by atoms with Gasteiger partial charge >= 0.3 is 5.97 Å². The molecule has 0 fully saturated rings. The maximum absolute atomic E-state index is 12.3. The third kappa shape index (κ3) is 4.18. The van der Waals surface area contributed by atoms with Crippen molar-refractivity contribution >= 4 is 29.2 Å². The molecule has 0 aliphatic rings. The summed E-state index contributed by atoms with van der Waals surface area (Å²) < 4.78 is 11.1. The molecule has 2 aromatic carbocycles. The third-order valence-electron chi connectivity index (χ3n) is 3.61. The number of ether oxygens (including phenoxy) is 2. The van der Waals surface area contributed by atoms with E-state index in [1.807, 2.05) is 32.9 Å². The Kier molecular flexibility index (Phi) is 5.55. The Hall–Kier alpha value is -1.71. The monoisotopic (exact) mass is 352 g/mol. The second kappa shape index (κ2) is 7.24. The summed E-state index contributed by atoms with van der Waals surface area (Å²) in [7, 11) is 0. The summed E-state index contributed by atoms with van der Waals surface area (Å²) in [6.07, 6.45) is -0.798. The van der Waals surface area contributed by atoms with E-state index in [4.69, 9.17) is 32.7 Å². The Morgan fingerprint density at radius 3 is 2.35 bits per heavy atom. The number of benzene rings is 2. The number of aryl methyl sites for hydroxylation is 2. The fourth-order valence-electron chi connectivity index (χ4n) is 2.08. The molecule has 2 rings (SSSR count). The lowest BCUT2D eigenvalue weighted by atomic mass is 10.1. The van der Waals surface area contributed by atoms with Crippen LogP contribution in [0.1, 0.15) is 23.6 Å². The number of hydrogen-bond acceptors (Lipinski definition) is 3. The van der Waals surface area contributed by atoms with Crippen molar-refractivity contribution in [1.82, 2.24) is 0 Å². The smallest absolute Gasteiger partial charge is 0.352 e. The van der Waals surface area contributed by atoms with E-state index in [1.165, 1.54) is 0 Å². The van der Waals surface area contributed by atoms with Crippen LogP contribution < -0.4 is 9.47 Å². The van der Waals surface area contributed by atoms with Gasteiger partial charge < -0.3 is 9.47 Å². The molecule has 5 heteroatoms. The summed E-state index contributed by atoms with van der Waals surface area (Å²) in [5.74, 6) is 0.485. The van der Waals surface area contributed by atoms with Gasteiger partial charge in [0.25, 0.3) is 0 Å². The Morgan fingerprint density at radius 2 is 1.70 bits per heavy atom. The van der Waals surface area contributed by atoms with Crippen molar-refractivity contribution in [2.75, 3.05) is 0 Å². The lowest BCUT2D eigenvalue weighted by Gasteiger charge is -2.17. The zero-order chi connectivity index (χ0) is 17.1.